The summed E-state index contributed by atoms with van der Waals surface area (Å²) in [7, 11) is 0. The van der Waals surface area contributed by atoms with Crippen LogP contribution in [0.1, 0.15) is 27.1 Å². The molecule has 2 amide bonds. The predicted octanol–water partition coefficient (Wildman–Crippen LogP) is 0.175. The molecule has 19 heavy (non-hydrogen) atoms. The summed E-state index contributed by atoms with van der Waals surface area (Å²) in [6.07, 6.45) is -0.0224. The van der Waals surface area contributed by atoms with Crippen molar-refractivity contribution in [1.82, 2.24) is 4.90 Å². The molecule has 1 aliphatic rings. The van der Waals surface area contributed by atoms with Gasteiger partial charge in [-0.15, -0.1) is 0 Å². The average molecular weight is 262 g/mol. The van der Waals surface area contributed by atoms with Crippen LogP contribution in [0.3, 0.4) is 0 Å². The van der Waals surface area contributed by atoms with Crippen molar-refractivity contribution in [3.63, 3.8) is 0 Å². The number of amides is 2. The smallest absolute Gasteiger partial charge is 0.307 e. The molecule has 1 heterocycles. The fourth-order valence-electron chi connectivity index (χ4n) is 1.89. The third-order valence-electron chi connectivity index (χ3n) is 2.80. The highest BCUT2D eigenvalue weighted by Gasteiger charge is 2.34. The predicted molar refractivity (Wildman–Crippen MR) is 66.4 cm³/mol. The van der Waals surface area contributed by atoms with Crippen molar-refractivity contribution in [2.75, 3.05) is 19.7 Å². The van der Waals surface area contributed by atoms with E-state index >= 15 is 0 Å². The highest BCUT2D eigenvalue weighted by atomic mass is 16.5. The molecule has 6 nitrogen and oxygen atoms in total. The number of nitrogens with zero attached hydrogens (tertiary/aromatic N) is 1. The van der Waals surface area contributed by atoms with Gasteiger partial charge in [0, 0.05) is 13.1 Å². The molecule has 0 saturated heterocycles. The van der Waals surface area contributed by atoms with Crippen molar-refractivity contribution in [1.29, 1.82) is 0 Å². The normalized spacial score (nSPS) is 13.6. The number of rotatable bonds is 5. The lowest BCUT2D eigenvalue weighted by Gasteiger charge is -2.12. The van der Waals surface area contributed by atoms with Gasteiger partial charge in [-0.25, -0.2) is 0 Å². The largest absolute Gasteiger partial charge is 0.464 e. The number of hydrogen-bond acceptors (Lipinski definition) is 5. The van der Waals surface area contributed by atoms with Crippen molar-refractivity contribution in [2.24, 2.45) is 5.73 Å². The van der Waals surface area contributed by atoms with Crippen LogP contribution in [-0.2, 0) is 9.53 Å². The van der Waals surface area contributed by atoms with Gasteiger partial charge in [-0.3, -0.25) is 19.3 Å². The number of carbonyl (C=O) groups is 3. The van der Waals surface area contributed by atoms with E-state index in [1.807, 2.05) is 0 Å². The molecule has 2 rings (SSSR count). The zero-order valence-electron chi connectivity index (χ0n) is 10.3. The van der Waals surface area contributed by atoms with E-state index in [0.717, 1.165) is 4.90 Å². The van der Waals surface area contributed by atoms with E-state index < -0.39 is 5.97 Å². The van der Waals surface area contributed by atoms with Gasteiger partial charge in [0.2, 0.25) is 0 Å². The van der Waals surface area contributed by atoms with Gasteiger partial charge in [0.15, 0.2) is 0 Å². The standard InChI is InChI=1S/C13H14N2O4/c14-6-8-19-11(16)5-7-15-12(17)9-3-1-2-4-10(9)13(15)18/h1-4H,5-8,14H2. The molecular formula is C13H14N2O4. The number of imide groups is 1. The maximum absolute atomic E-state index is 12.0. The number of benzene rings is 1. The van der Waals surface area contributed by atoms with Gasteiger partial charge in [-0.2, -0.15) is 0 Å². The lowest BCUT2D eigenvalue weighted by molar-refractivity contribution is -0.143. The first-order valence-corrected chi connectivity index (χ1v) is 5.96. The first-order chi connectivity index (χ1) is 9.15. The van der Waals surface area contributed by atoms with Crippen molar-refractivity contribution < 1.29 is 19.1 Å². The summed E-state index contributed by atoms with van der Waals surface area (Å²) in [6, 6.07) is 6.59. The van der Waals surface area contributed by atoms with E-state index in [0.29, 0.717) is 11.1 Å². The molecule has 0 saturated carbocycles. The third-order valence-corrected chi connectivity index (χ3v) is 2.80. The average Bonchev–Trinajstić information content (AvgIpc) is 2.67. The first kappa shape index (κ1) is 13.2. The van der Waals surface area contributed by atoms with E-state index in [-0.39, 0.29) is 37.9 Å². The highest BCUT2D eigenvalue weighted by molar-refractivity contribution is 6.21. The van der Waals surface area contributed by atoms with Crippen LogP contribution < -0.4 is 5.73 Å². The third kappa shape index (κ3) is 2.63. The Labute approximate surface area is 110 Å². The second-order valence-corrected chi connectivity index (χ2v) is 4.07. The van der Waals surface area contributed by atoms with Gasteiger partial charge in [0.1, 0.15) is 6.61 Å². The Morgan fingerprint density at radius 2 is 1.74 bits per heavy atom. The molecular weight excluding hydrogens is 248 g/mol. The lowest BCUT2D eigenvalue weighted by Crippen LogP contribution is -2.32. The monoisotopic (exact) mass is 262 g/mol. The second-order valence-electron chi connectivity index (χ2n) is 4.07. The summed E-state index contributed by atoms with van der Waals surface area (Å²) in [6.45, 7) is 0.412. The zero-order chi connectivity index (χ0) is 13.8. The fraction of sp³-hybridized carbons (Fsp3) is 0.308. The van der Waals surface area contributed by atoms with Crippen LogP contribution in [0.2, 0.25) is 0 Å². The van der Waals surface area contributed by atoms with Gasteiger partial charge >= 0.3 is 5.97 Å². The molecule has 1 aromatic carbocycles. The molecule has 0 aromatic heterocycles. The molecule has 0 atom stereocenters. The van der Waals surface area contributed by atoms with Crippen LogP contribution in [0.25, 0.3) is 0 Å². The van der Waals surface area contributed by atoms with Crippen LogP contribution in [-0.4, -0.2) is 42.4 Å². The minimum absolute atomic E-state index is 0.0224. The van der Waals surface area contributed by atoms with Gasteiger partial charge < -0.3 is 10.5 Å². The number of hydrogen-bond donors (Lipinski definition) is 1. The molecule has 0 fully saturated rings. The summed E-state index contributed by atoms with van der Waals surface area (Å²) in [5, 5.41) is 0. The molecule has 100 valence electrons. The summed E-state index contributed by atoms with van der Waals surface area (Å²) in [4.78, 5) is 36.3. The summed E-state index contributed by atoms with van der Waals surface area (Å²) in [5.41, 5.74) is 5.96. The number of nitrogens with two attached hydrogens (primary N) is 1. The van der Waals surface area contributed by atoms with E-state index in [9.17, 15) is 14.4 Å². The zero-order valence-corrected chi connectivity index (χ0v) is 10.3. The van der Waals surface area contributed by atoms with Crippen LogP contribution in [0.15, 0.2) is 24.3 Å². The van der Waals surface area contributed by atoms with Crippen molar-refractivity contribution in [3.8, 4) is 0 Å². The van der Waals surface area contributed by atoms with Gasteiger partial charge in [-0.05, 0) is 12.1 Å². The molecule has 6 heteroatoms. The van der Waals surface area contributed by atoms with Gasteiger partial charge in [0.25, 0.3) is 11.8 Å². The van der Waals surface area contributed by atoms with Gasteiger partial charge in [0.05, 0.1) is 17.5 Å². The first-order valence-electron chi connectivity index (χ1n) is 5.96. The Morgan fingerprint density at radius 3 is 2.26 bits per heavy atom. The Bertz CT molecular complexity index is 492. The van der Waals surface area contributed by atoms with E-state index in [1.165, 1.54) is 0 Å². The van der Waals surface area contributed by atoms with Crippen LogP contribution in [0, 0.1) is 0 Å². The minimum Gasteiger partial charge on any atom is -0.464 e. The Morgan fingerprint density at radius 1 is 1.16 bits per heavy atom. The van der Waals surface area contributed by atoms with E-state index in [4.69, 9.17) is 10.5 Å². The van der Waals surface area contributed by atoms with Crippen molar-refractivity contribution in [3.05, 3.63) is 35.4 Å². The molecule has 0 radical (unpaired) electrons. The van der Waals surface area contributed by atoms with Crippen LogP contribution >= 0.6 is 0 Å². The quantitative estimate of drug-likeness (QED) is 0.603. The summed E-state index contributed by atoms with van der Waals surface area (Å²) in [5.74, 6) is -1.21. The molecule has 0 bridgehead atoms. The molecule has 0 unspecified atom stereocenters. The lowest BCUT2D eigenvalue weighted by atomic mass is 10.1. The van der Waals surface area contributed by atoms with Crippen molar-refractivity contribution in [2.45, 2.75) is 6.42 Å². The van der Waals surface area contributed by atoms with Crippen LogP contribution in [0.4, 0.5) is 0 Å². The Balaban J connectivity index is 1.99. The highest BCUT2D eigenvalue weighted by Crippen LogP contribution is 2.22. The topological polar surface area (TPSA) is 89.7 Å². The van der Waals surface area contributed by atoms with E-state index in [1.54, 1.807) is 24.3 Å². The molecule has 1 aliphatic heterocycles. The maximum atomic E-state index is 12.0. The van der Waals surface area contributed by atoms with Gasteiger partial charge in [-0.1, -0.05) is 12.1 Å². The fourth-order valence-corrected chi connectivity index (χ4v) is 1.89. The molecule has 0 spiro atoms. The number of ether oxygens (including phenoxy) is 1. The maximum Gasteiger partial charge on any atom is 0.307 e. The Kier molecular flexibility index (Phi) is 3.91. The second kappa shape index (κ2) is 5.62. The number of carbonyl (C=O) groups excluding carboxylic acids is 3. The Hall–Kier alpha value is -2.21. The summed E-state index contributed by atoms with van der Waals surface area (Å²) < 4.78 is 4.79. The summed E-state index contributed by atoms with van der Waals surface area (Å²) >= 11 is 0. The number of esters is 1. The molecule has 1 aromatic rings. The van der Waals surface area contributed by atoms with Crippen molar-refractivity contribution >= 4 is 17.8 Å². The van der Waals surface area contributed by atoms with Crippen LogP contribution in [0.5, 0.6) is 0 Å². The SMILES string of the molecule is NCCOC(=O)CCN1C(=O)c2ccccc2C1=O. The molecule has 0 aliphatic carbocycles. The number of fused-ring (bicyclic) bond motifs is 1. The molecule has 2 N–H and O–H groups in total. The van der Waals surface area contributed by atoms with E-state index in [2.05, 4.69) is 0 Å². The minimum atomic E-state index is -0.470.